The highest BCUT2D eigenvalue weighted by atomic mass is 16.3. The van der Waals surface area contributed by atoms with Gasteiger partial charge in [0.2, 0.25) is 0 Å². The normalized spacial score (nSPS) is 13.5. The number of aromatic nitrogens is 1. The van der Waals surface area contributed by atoms with E-state index < -0.39 is 0 Å². The second-order valence-corrected chi connectivity index (χ2v) is 7.50. The van der Waals surface area contributed by atoms with Crippen molar-refractivity contribution in [3.63, 3.8) is 0 Å². The number of aryl methyl sites for hydroxylation is 1. The molecule has 0 saturated heterocycles. The fraction of sp³-hybridized carbons (Fsp3) is 0.208. The van der Waals surface area contributed by atoms with E-state index in [1.165, 1.54) is 0 Å². The molecule has 1 amide bonds. The second-order valence-electron chi connectivity index (χ2n) is 7.50. The summed E-state index contributed by atoms with van der Waals surface area (Å²) in [7, 11) is 0. The summed E-state index contributed by atoms with van der Waals surface area (Å²) < 4.78 is 0. The van der Waals surface area contributed by atoms with Crippen LogP contribution in [-0.2, 0) is 6.54 Å². The summed E-state index contributed by atoms with van der Waals surface area (Å²) in [6.07, 6.45) is 0. The Morgan fingerprint density at radius 3 is 2.50 bits per heavy atom. The van der Waals surface area contributed by atoms with Gasteiger partial charge in [0.1, 0.15) is 5.75 Å². The van der Waals surface area contributed by atoms with E-state index in [0.717, 1.165) is 33.7 Å². The molecule has 152 valence electrons. The first-order chi connectivity index (χ1) is 14.5. The Labute approximate surface area is 175 Å². The molecule has 30 heavy (non-hydrogen) atoms. The van der Waals surface area contributed by atoms with Gasteiger partial charge in [0.25, 0.3) is 5.91 Å². The number of benzene rings is 2. The highest BCUT2D eigenvalue weighted by molar-refractivity contribution is 6.11. The van der Waals surface area contributed by atoms with Gasteiger partial charge in [0, 0.05) is 23.4 Å². The van der Waals surface area contributed by atoms with Crippen LogP contribution in [0.5, 0.6) is 5.75 Å². The lowest BCUT2D eigenvalue weighted by Gasteiger charge is -2.19. The molecule has 0 fully saturated rings. The van der Waals surface area contributed by atoms with Gasteiger partial charge in [-0.1, -0.05) is 29.8 Å². The molecule has 0 bridgehead atoms. The standard InChI is InChI=1S/C24H24N4O2/c1-14-3-5-17(6-4-14)21(12-25)28-24(30)19-11-20(16-7-9-18(29)10-8-16)27-22-13-26-15(2)23(19)22/h3-11,21,29H,12-13,25H2,1-2H3,(H,28,30). The molecule has 4 rings (SSSR count). The Hall–Kier alpha value is -3.51. The number of nitrogens with one attached hydrogen (secondary N) is 1. The summed E-state index contributed by atoms with van der Waals surface area (Å²) >= 11 is 0. The molecule has 1 atom stereocenters. The maximum atomic E-state index is 13.3. The first kappa shape index (κ1) is 19.8. The predicted molar refractivity (Wildman–Crippen MR) is 118 cm³/mol. The third kappa shape index (κ3) is 3.82. The van der Waals surface area contributed by atoms with Gasteiger partial charge in [-0.2, -0.15) is 0 Å². The summed E-state index contributed by atoms with van der Waals surface area (Å²) in [5.41, 5.74) is 12.5. The number of aliphatic imine (C=N–C) groups is 1. The van der Waals surface area contributed by atoms with Crippen LogP contribution < -0.4 is 11.1 Å². The number of rotatable bonds is 5. The number of nitrogens with two attached hydrogens (primary N) is 1. The highest BCUT2D eigenvalue weighted by Crippen LogP contribution is 2.28. The zero-order valence-corrected chi connectivity index (χ0v) is 17.0. The number of fused-ring (bicyclic) bond motifs is 1. The van der Waals surface area contributed by atoms with Crippen LogP contribution in [0.15, 0.2) is 59.6 Å². The molecule has 1 aliphatic rings. The lowest BCUT2D eigenvalue weighted by molar-refractivity contribution is 0.0937. The molecule has 0 radical (unpaired) electrons. The van der Waals surface area contributed by atoms with Crippen molar-refractivity contribution in [2.45, 2.75) is 26.4 Å². The molecular formula is C24H24N4O2. The van der Waals surface area contributed by atoms with Gasteiger partial charge >= 0.3 is 0 Å². The van der Waals surface area contributed by atoms with Gasteiger partial charge in [-0.15, -0.1) is 0 Å². The molecule has 6 heteroatoms. The zero-order chi connectivity index (χ0) is 21.3. The summed E-state index contributed by atoms with van der Waals surface area (Å²) in [4.78, 5) is 22.5. The quantitative estimate of drug-likeness (QED) is 0.610. The number of pyridine rings is 1. The third-order valence-corrected chi connectivity index (χ3v) is 5.35. The number of nitrogens with zero attached hydrogens (tertiary/aromatic N) is 2. The van der Waals surface area contributed by atoms with Crippen molar-refractivity contribution in [1.82, 2.24) is 10.3 Å². The van der Waals surface area contributed by atoms with Gasteiger partial charge < -0.3 is 16.2 Å². The lowest BCUT2D eigenvalue weighted by atomic mass is 9.98. The van der Waals surface area contributed by atoms with Gasteiger partial charge in [-0.05, 0) is 49.7 Å². The number of hydrogen-bond acceptors (Lipinski definition) is 5. The summed E-state index contributed by atoms with van der Waals surface area (Å²) in [6, 6.07) is 16.2. The molecule has 0 saturated carbocycles. The second kappa shape index (κ2) is 8.08. The largest absolute Gasteiger partial charge is 0.508 e. The maximum Gasteiger partial charge on any atom is 0.252 e. The molecule has 4 N–H and O–H groups in total. The molecular weight excluding hydrogens is 376 g/mol. The Bertz CT molecular complexity index is 1120. The highest BCUT2D eigenvalue weighted by Gasteiger charge is 2.25. The number of carbonyl (C=O) groups is 1. The monoisotopic (exact) mass is 400 g/mol. The van der Waals surface area contributed by atoms with Gasteiger partial charge in [-0.3, -0.25) is 14.8 Å². The van der Waals surface area contributed by atoms with E-state index >= 15 is 0 Å². The Kier molecular flexibility index (Phi) is 5.33. The fourth-order valence-corrected chi connectivity index (χ4v) is 3.66. The van der Waals surface area contributed by atoms with Crippen LogP contribution in [0.1, 0.15) is 45.7 Å². The van der Waals surface area contributed by atoms with E-state index in [4.69, 9.17) is 10.7 Å². The number of phenolic OH excluding ortho intramolecular Hbond substituents is 1. The predicted octanol–water partition coefficient (Wildman–Crippen LogP) is 3.52. The zero-order valence-electron chi connectivity index (χ0n) is 17.0. The molecule has 1 unspecified atom stereocenters. The van der Waals surface area contributed by atoms with Crippen LogP contribution in [-0.4, -0.2) is 28.3 Å². The molecule has 0 spiro atoms. The molecule has 0 aliphatic carbocycles. The molecule has 2 heterocycles. The van der Waals surface area contributed by atoms with Crippen molar-refractivity contribution in [3.8, 4) is 17.0 Å². The lowest BCUT2D eigenvalue weighted by Crippen LogP contribution is -2.34. The van der Waals surface area contributed by atoms with Crippen molar-refractivity contribution in [1.29, 1.82) is 0 Å². The van der Waals surface area contributed by atoms with Crippen molar-refractivity contribution >= 4 is 11.6 Å². The molecule has 6 nitrogen and oxygen atoms in total. The van der Waals surface area contributed by atoms with Crippen LogP contribution in [0.4, 0.5) is 0 Å². The number of phenols is 1. The van der Waals surface area contributed by atoms with Crippen LogP contribution in [0.25, 0.3) is 11.3 Å². The molecule has 1 aromatic heterocycles. The number of aromatic hydroxyl groups is 1. The SMILES string of the molecule is CC1=NCc2nc(-c3ccc(O)cc3)cc(C(=O)NC(CN)c3ccc(C)cc3)c21. The minimum atomic E-state index is -0.294. The Morgan fingerprint density at radius 1 is 1.13 bits per heavy atom. The molecule has 3 aromatic rings. The Balaban J connectivity index is 1.71. The van der Waals surface area contributed by atoms with E-state index in [2.05, 4.69) is 10.3 Å². The van der Waals surface area contributed by atoms with Gasteiger partial charge in [-0.25, -0.2) is 0 Å². The molecule has 1 aliphatic heterocycles. The number of carbonyl (C=O) groups excluding carboxylic acids is 1. The van der Waals surface area contributed by atoms with Crippen LogP contribution in [0.2, 0.25) is 0 Å². The first-order valence-electron chi connectivity index (χ1n) is 9.88. The van der Waals surface area contributed by atoms with Crippen LogP contribution in [0, 0.1) is 6.92 Å². The third-order valence-electron chi connectivity index (χ3n) is 5.35. The van der Waals surface area contributed by atoms with Crippen LogP contribution >= 0.6 is 0 Å². The van der Waals surface area contributed by atoms with Crippen molar-refractivity contribution in [2.24, 2.45) is 10.7 Å². The van der Waals surface area contributed by atoms with Crippen molar-refractivity contribution in [2.75, 3.05) is 6.54 Å². The van der Waals surface area contributed by atoms with Crippen molar-refractivity contribution < 1.29 is 9.90 Å². The maximum absolute atomic E-state index is 13.3. The summed E-state index contributed by atoms with van der Waals surface area (Å²) in [5, 5.41) is 12.6. The fourth-order valence-electron chi connectivity index (χ4n) is 3.66. The van der Waals surface area contributed by atoms with Gasteiger partial charge in [0.05, 0.1) is 29.5 Å². The first-order valence-corrected chi connectivity index (χ1v) is 9.88. The average Bonchev–Trinajstić information content (AvgIpc) is 3.13. The van der Waals surface area contributed by atoms with Gasteiger partial charge in [0.15, 0.2) is 0 Å². The minimum absolute atomic E-state index is 0.181. The molecule has 2 aromatic carbocycles. The van der Waals surface area contributed by atoms with E-state index in [0.29, 0.717) is 24.3 Å². The minimum Gasteiger partial charge on any atom is -0.508 e. The van der Waals surface area contributed by atoms with Crippen LogP contribution in [0.3, 0.4) is 0 Å². The summed E-state index contributed by atoms with van der Waals surface area (Å²) in [6.45, 7) is 4.66. The van der Waals surface area contributed by atoms with E-state index in [1.54, 1.807) is 30.3 Å². The van der Waals surface area contributed by atoms with E-state index in [-0.39, 0.29) is 17.7 Å². The van der Waals surface area contributed by atoms with E-state index in [1.807, 2.05) is 38.1 Å². The smallest absolute Gasteiger partial charge is 0.252 e. The number of amides is 1. The number of hydrogen-bond donors (Lipinski definition) is 3. The topological polar surface area (TPSA) is 101 Å². The Morgan fingerprint density at radius 2 is 1.83 bits per heavy atom. The summed E-state index contributed by atoms with van der Waals surface area (Å²) in [5.74, 6) is -0.0258. The van der Waals surface area contributed by atoms with E-state index in [9.17, 15) is 9.90 Å². The average molecular weight is 400 g/mol. The van der Waals surface area contributed by atoms with Crippen molar-refractivity contribution in [3.05, 3.63) is 82.5 Å².